The van der Waals surface area contributed by atoms with Crippen molar-refractivity contribution in [2.24, 2.45) is 0 Å². The number of nitrogens with one attached hydrogen (secondary N) is 1. The second-order valence-corrected chi connectivity index (χ2v) is 6.24. The van der Waals surface area contributed by atoms with Gasteiger partial charge in [-0.05, 0) is 48.5 Å². The van der Waals surface area contributed by atoms with Crippen LogP contribution in [0, 0.1) is 11.3 Å². The number of anilines is 1. The Hall–Kier alpha value is -4.77. The van der Waals surface area contributed by atoms with Crippen LogP contribution in [0.15, 0.2) is 85.5 Å². The van der Waals surface area contributed by atoms with Crippen LogP contribution < -0.4 is 14.8 Å². The summed E-state index contributed by atoms with van der Waals surface area (Å²) in [5.41, 5.74) is 1.31. The molecule has 0 unspecified atom stereocenters. The van der Waals surface area contributed by atoms with Crippen LogP contribution in [0.5, 0.6) is 23.1 Å². The number of rotatable bonds is 6. The summed E-state index contributed by atoms with van der Waals surface area (Å²) < 4.78 is 11.3. The second kappa shape index (κ2) is 9.15. The molecule has 0 bridgehead atoms. The molecule has 1 N–H and O–H groups in total. The largest absolute Gasteiger partial charge is 0.457 e. The Balaban J connectivity index is 1.40. The Kier molecular flexibility index (Phi) is 5.77. The second-order valence-electron chi connectivity index (χ2n) is 6.24. The number of hydrogen-bond donors (Lipinski definition) is 1. The fraction of sp³-hybridized carbons (Fsp3) is 0. The third-order valence-electron chi connectivity index (χ3n) is 4.05. The Bertz CT molecular complexity index is 1240. The first kappa shape index (κ1) is 19.5. The highest BCUT2D eigenvalue weighted by Crippen LogP contribution is 2.24. The average molecular weight is 409 g/mol. The van der Waals surface area contributed by atoms with Crippen molar-refractivity contribution in [3.63, 3.8) is 0 Å². The summed E-state index contributed by atoms with van der Waals surface area (Å²) in [5.74, 6) is 1.60. The lowest BCUT2D eigenvalue weighted by Crippen LogP contribution is -2.11. The summed E-state index contributed by atoms with van der Waals surface area (Å²) in [6, 6.07) is 18.8. The highest BCUT2D eigenvalue weighted by Gasteiger charge is 2.09. The van der Waals surface area contributed by atoms with E-state index in [0.29, 0.717) is 34.4 Å². The molecule has 0 saturated heterocycles. The molecule has 1 amide bonds. The van der Waals surface area contributed by atoms with Crippen LogP contribution >= 0.6 is 0 Å². The lowest BCUT2D eigenvalue weighted by Gasteiger charge is -2.09. The molecule has 0 spiro atoms. The lowest BCUT2D eigenvalue weighted by molar-refractivity contribution is 0.102. The highest BCUT2D eigenvalue weighted by atomic mass is 16.5. The van der Waals surface area contributed by atoms with E-state index < -0.39 is 0 Å². The smallest absolute Gasteiger partial charge is 0.255 e. The predicted octanol–water partition coefficient (Wildman–Crippen LogP) is 4.58. The van der Waals surface area contributed by atoms with E-state index in [1.165, 1.54) is 18.6 Å². The number of amides is 1. The molecule has 0 atom stereocenters. The summed E-state index contributed by atoms with van der Waals surface area (Å²) in [6.45, 7) is 0. The minimum atomic E-state index is -0.286. The topological polar surface area (TPSA) is 110 Å². The molecule has 0 fully saturated rings. The van der Waals surface area contributed by atoms with Gasteiger partial charge in [0.25, 0.3) is 5.91 Å². The van der Waals surface area contributed by atoms with E-state index in [-0.39, 0.29) is 11.6 Å². The number of carbonyl (C=O) groups excluding carboxylic acids is 1. The Morgan fingerprint density at radius 1 is 0.871 bits per heavy atom. The van der Waals surface area contributed by atoms with Gasteiger partial charge in [-0.2, -0.15) is 5.26 Å². The highest BCUT2D eigenvalue weighted by molar-refractivity contribution is 6.04. The monoisotopic (exact) mass is 409 g/mol. The zero-order valence-electron chi connectivity index (χ0n) is 16.1. The Morgan fingerprint density at radius 2 is 1.71 bits per heavy atom. The molecular formula is C23H15N5O3. The van der Waals surface area contributed by atoms with Gasteiger partial charge in [0.2, 0.25) is 5.88 Å². The SMILES string of the molecule is N#Cc1cc(Oc2ccc(NC(=O)c3cccc(Oc4cnccn4)c3)cc2)ccn1. The first-order valence-electron chi connectivity index (χ1n) is 9.19. The van der Waals surface area contributed by atoms with Crippen LogP contribution in [0.25, 0.3) is 0 Å². The van der Waals surface area contributed by atoms with Gasteiger partial charge in [0.05, 0.1) is 6.20 Å². The van der Waals surface area contributed by atoms with Crippen LogP contribution in [0.4, 0.5) is 5.69 Å². The molecule has 0 aliphatic heterocycles. The Morgan fingerprint density at radius 3 is 2.48 bits per heavy atom. The number of nitriles is 1. The van der Waals surface area contributed by atoms with E-state index in [1.54, 1.807) is 66.9 Å². The molecule has 0 radical (unpaired) electrons. The molecule has 8 nitrogen and oxygen atoms in total. The third-order valence-corrected chi connectivity index (χ3v) is 4.05. The molecule has 0 aliphatic rings. The lowest BCUT2D eigenvalue weighted by atomic mass is 10.2. The summed E-state index contributed by atoms with van der Waals surface area (Å²) in [5, 5.41) is 11.7. The van der Waals surface area contributed by atoms with Gasteiger partial charge in [0.1, 0.15) is 29.0 Å². The molecule has 2 heterocycles. The van der Waals surface area contributed by atoms with E-state index in [4.69, 9.17) is 14.7 Å². The number of carbonyl (C=O) groups is 1. The maximum atomic E-state index is 12.6. The first-order valence-corrected chi connectivity index (χ1v) is 9.19. The normalized spacial score (nSPS) is 10.0. The van der Waals surface area contributed by atoms with E-state index >= 15 is 0 Å². The molecule has 150 valence electrons. The Labute approximate surface area is 177 Å². The van der Waals surface area contributed by atoms with E-state index in [9.17, 15) is 4.79 Å². The van der Waals surface area contributed by atoms with Crippen LogP contribution in [-0.2, 0) is 0 Å². The van der Waals surface area contributed by atoms with Crippen LogP contribution in [0.1, 0.15) is 16.1 Å². The van der Waals surface area contributed by atoms with Crippen molar-refractivity contribution in [3.05, 3.63) is 96.7 Å². The molecule has 0 aliphatic carbocycles. The molecular weight excluding hydrogens is 394 g/mol. The van der Waals surface area contributed by atoms with Gasteiger partial charge in [-0.1, -0.05) is 6.07 Å². The van der Waals surface area contributed by atoms with Crippen molar-refractivity contribution in [1.82, 2.24) is 15.0 Å². The van der Waals surface area contributed by atoms with Gasteiger partial charge in [-0.3, -0.25) is 9.78 Å². The van der Waals surface area contributed by atoms with Gasteiger partial charge in [0.15, 0.2) is 0 Å². The van der Waals surface area contributed by atoms with Crippen molar-refractivity contribution in [3.8, 4) is 29.2 Å². The summed E-state index contributed by atoms with van der Waals surface area (Å²) in [6.07, 6.45) is 6.07. The fourth-order valence-corrected chi connectivity index (χ4v) is 2.64. The summed E-state index contributed by atoms with van der Waals surface area (Å²) in [7, 11) is 0. The van der Waals surface area contributed by atoms with E-state index in [1.807, 2.05) is 6.07 Å². The number of benzene rings is 2. The van der Waals surface area contributed by atoms with Crippen molar-refractivity contribution < 1.29 is 14.3 Å². The van der Waals surface area contributed by atoms with Crippen molar-refractivity contribution in [1.29, 1.82) is 5.26 Å². The van der Waals surface area contributed by atoms with Gasteiger partial charge < -0.3 is 14.8 Å². The minimum absolute atomic E-state index is 0.270. The van der Waals surface area contributed by atoms with E-state index in [2.05, 4.69) is 20.3 Å². The van der Waals surface area contributed by atoms with Crippen LogP contribution in [-0.4, -0.2) is 20.9 Å². The molecule has 4 aromatic rings. The standard InChI is InChI=1S/C23H15N5O3/c24-14-18-13-21(8-9-26-18)30-19-6-4-17(5-7-19)28-23(29)16-2-1-3-20(12-16)31-22-15-25-10-11-27-22/h1-13,15H,(H,28,29). The quantitative estimate of drug-likeness (QED) is 0.496. The molecule has 2 aromatic heterocycles. The third kappa shape index (κ3) is 5.19. The maximum Gasteiger partial charge on any atom is 0.255 e. The van der Waals surface area contributed by atoms with Crippen molar-refractivity contribution >= 4 is 11.6 Å². The van der Waals surface area contributed by atoms with Crippen LogP contribution in [0.2, 0.25) is 0 Å². The van der Waals surface area contributed by atoms with Crippen molar-refractivity contribution in [2.45, 2.75) is 0 Å². The first-order chi connectivity index (χ1) is 15.2. The van der Waals surface area contributed by atoms with Gasteiger partial charge in [-0.25, -0.2) is 9.97 Å². The molecule has 8 heteroatoms. The molecule has 0 saturated carbocycles. The number of hydrogen-bond acceptors (Lipinski definition) is 7. The average Bonchev–Trinajstić information content (AvgIpc) is 2.81. The van der Waals surface area contributed by atoms with Gasteiger partial charge in [-0.15, -0.1) is 0 Å². The fourth-order valence-electron chi connectivity index (χ4n) is 2.64. The number of nitrogens with zero attached hydrogens (tertiary/aromatic N) is 4. The molecule has 2 aromatic carbocycles. The maximum absolute atomic E-state index is 12.6. The van der Waals surface area contributed by atoms with E-state index in [0.717, 1.165) is 0 Å². The summed E-state index contributed by atoms with van der Waals surface area (Å²) in [4.78, 5) is 24.5. The number of pyridine rings is 1. The van der Waals surface area contributed by atoms with Gasteiger partial charge >= 0.3 is 0 Å². The van der Waals surface area contributed by atoms with Gasteiger partial charge in [0, 0.05) is 35.9 Å². The zero-order chi connectivity index (χ0) is 21.5. The van der Waals surface area contributed by atoms with Crippen LogP contribution in [0.3, 0.4) is 0 Å². The minimum Gasteiger partial charge on any atom is -0.457 e. The predicted molar refractivity (Wildman–Crippen MR) is 112 cm³/mol. The number of aromatic nitrogens is 3. The summed E-state index contributed by atoms with van der Waals surface area (Å²) >= 11 is 0. The molecule has 31 heavy (non-hydrogen) atoms. The zero-order valence-corrected chi connectivity index (χ0v) is 16.1. The number of ether oxygens (including phenoxy) is 2. The molecule has 4 rings (SSSR count). The van der Waals surface area contributed by atoms with Crippen molar-refractivity contribution in [2.75, 3.05) is 5.32 Å².